The molecule has 3 aromatic carbocycles. The van der Waals surface area contributed by atoms with Crippen molar-refractivity contribution >= 4 is 28.7 Å². The van der Waals surface area contributed by atoms with E-state index in [0.29, 0.717) is 0 Å². The fraction of sp³-hybridized carbons (Fsp3) is 0.250. The molecule has 1 N–H and O–H groups in total. The largest absolute Gasteiger partial charge is 0.497 e. The van der Waals surface area contributed by atoms with E-state index in [1.54, 1.807) is 14.2 Å². The highest BCUT2D eigenvalue weighted by atomic mass is 16.5. The first-order valence-corrected chi connectivity index (χ1v) is 11.6. The Bertz CT molecular complexity index is 1280. The molecule has 1 aromatic heterocycles. The first-order valence-electron chi connectivity index (χ1n) is 11.6. The summed E-state index contributed by atoms with van der Waals surface area (Å²) in [7, 11) is 5.49. The van der Waals surface area contributed by atoms with Gasteiger partial charge in [-0.3, -0.25) is 5.10 Å². The lowest BCUT2D eigenvalue weighted by Crippen LogP contribution is -2.44. The Morgan fingerprint density at radius 3 is 2.15 bits per heavy atom. The van der Waals surface area contributed by atoms with Gasteiger partial charge in [-0.15, -0.1) is 0 Å². The Hall–Kier alpha value is -3.77. The van der Waals surface area contributed by atoms with Gasteiger partial charge < -0.3 is 19.3 Å². The Kier molecular flexibility index (Phi) is 6.23. The molecule has 0 radical (unpaired) electrons. The van der Waals surface area contributed by atoms with Crippen LogP contribution < -0.4 is 14.4 Å². The second-order valence-electron chi connectivity index (χ2n) is 8.69. The summed E-state index contributed by atoms with van der Waals surface area (Å²) in [4.78, 5) is 4.83. The normalized spacial score (nSPS) is 14.7. The molecule has 1 aliphatic heterocycles. The van der Waals surface area contributed by atoms with Crippen LogP contribution in [0, 0.1) is 0 Å². The van der Waals surface area contributed by atoms with Crippen LogP contribution >= 0.6 is 0 Å². The van der Waals surface area contributed by atoms with Crippen molar-refractivity contribution < 1.29 is 9.47 Å². The van der Waals surface area contributed by atoms with Crippen molar-refractivity contribution in [2.75, 3.05) is 52.3 Å². The Labute approximate surface area is 200 Å². The van der Waals surface area contributed by atoms with Crippen LogP contribution in [0.1, 0.15) is 11.3 Å². The standard InChI is InChI=1S/C28H30N4O2/c1-31-12-14-32(15-13-31)23-8-5-21(6-9-23)22-7-10-26-27(29-30-28(26)18-22)11-4-20-16-24(33-2)19-25(17-20)34-3/h4-11,16-19H,12-15H2,1-3H3,(H,29,30)/b11-4+. The molecule has 0 atom stereocenters. The molecule has 6 nitrogen and oxygen atoms in total. The lowest BCUT2D eigenvalue weighted by Gasteiger charge is -2.34. The van der Waals surface area contributed by atoms with Crippen molar-refractivity contribution in [3.05, 3.63) is 71.9 Å². The minimum Gasteiger partial charge on any atom is -0.497 e. The van der Waals surface area contributed by atoms with Crippen LogP contribution in [0.2, 0.25) is 0 Å². The third-order valence-electron chi connectivity index (χ3n) is 6.47. The summed E-state index contributed by atoms with van der Waals surface area (Å²) in [6.45, 7) is 4.38. The lowest BCUT2D eigenvalue weighted by atomic mass is 10.0. The molecule has 1 fully saturated rings. The quantitative estimate of drug-likeness (QED) is 0.436. The van der Waals surface area contributed by atoms with E-state index < -0.39 is 0 Å². The van der Waals surface area contributed by atoms with Crippen LogP contribution in [-0.2, 0) is 0 Å². The molecular formula is C28H30N4O2. The number of ether oxygens (including phenoxy) is 2. The number of nitrogens with one attached hydrogen (secondary N) is 1. The molecule has 174 valence electrons. The van der Waals surface area contributed by atoms with E-state index in [1.807, 2.05) is 30.4 Å². The van der Waals surface area contributed by atoms with Crippen molar-refractivity contribution in [3.8, 4) is 22.6 Å². The summed E-state index contributed by atoms with van der Waals surface area (Å²) in [5.41, 5.74) is 6.58. The summed E-state index contributed by atoms with van der Waals surface area (Å²) in [5, 5.41) is 8.80. The van der Waals surface area contributed by atoms with Crippen LogP contribution in [0.25, 0.3) is 34.2 Å². The van der Waals surface area contributed by atoms with Crippen LogP contribution in [0.5, 0.6) is 11.5 Å². The van der Waals surface area contributed by atoms with E-state index in [-0.39, 0.29) is 0 Å². The highest BCUT2D eigenvalue weighted by molar-refractivity contribution is 5.92. The number of benzene rings is 3. The van der Waals surface area contributed by atoms with E-state index in [0.717, 1.165) is 59.8 Å². The van der Waals surface area contributed by atoms with Crippen LogP contribution in [0.4, 0.5) is 5.69 Å². The summed E-state index contributed by atoms with van der Waals surface area (Å²) in [6.07, 6.45) is 4.03. The predicted molar refractivity (Wildman–Crippen MR) is 140 cm³/mol. The summed E-state index contributed by atoms with van der Waals surface area (Å²) in [6, 6.07) is 21.1. The molecule has 2 heterocycles. The fourth-order valence-corrected chi connectivity index (χ4v) is 4.38. The van der Waals surface area contributed by atoms with Crippen molar-refractivity contribution in [2.45, 2.75) is 0 Å². The fourth-order valence-electron chi connectivity index (χ4n) is 4.38. The molecule has 6 heteroatoms. The second-order valence-corrected chi connectivity index (χ2v) is 8.69. The molecule has 0 unspecified atom stereocenters. The van der Waals surface area contributed by atoms with Crippen LogP contribution in [0.15, 0.2) is 60.7 Å². The number of aromatic nitrogens is 2. The van der Waals surface area contributed by atoms with Gasteiger partial charge in [-0.05, 0) is 66.2 Å². The third-order valence-corrected chi connectivity index (χ3v) is 6.47. The average Bonchev–Trinajstić information content (AvgIpc) is 3.30. The highest BCUT2D eigenvalue weighted by Gasteiger charge is 2.14. The number of piperazine rings is 1. The minimum absolute atomic E-state index is 0.758. The van der Waals surface area contributed by atoms with Crippen molar-refractivity contribution in [1.82, 2.24) is 15.1 Å². The van der Waals surface area contributed by atoms with Gasteiger partial charge >= 0.3 is 0 Å². The molecule has 4 aromatic rings. The van der Waals surface area contributed by atoms with Gasteiger partial charge in [-0.1, -0.05) is 24.3 Å². The zero-order chi connectivity index (χ0) is 23.5. The number of H-pyrrole nitrogens is 1. The monoisotopic (exact) mass is 454 g/mol. The maximum atomic E-state index is 5.37. The number of rotatable bonds is 6. The predicted octanol–water partition coefficient (Wildman–Crippen LogP) is 5.17. The Balaban J connectivity index is 1.35. The number of nitrogens with zero attached hydrogens (tertiary/aromatic N) is 3. The first-order chi connectivity index (χ1) is 16.6. The van der Waals surface area contributed by atoms with Crippen molar-refractivity contribution in [3.63, 3.8) is 0 Å². The molecular weight excluding hydrogens is 424 g/mol. The number of anilines is 1. The SMILES string of the molecule is COc1cc(/C=C/c2n[nH]c3cc(-c4ccc(N5CCN(C)CC5)cc4)ccc23)cc(OC)c1. The van der Waals surface area contributed by atoms with Gasteiger partial charge in [0.05, 0.1) is 25.4 Å². The molecule has 1 aliphatic rings. The van der Waals surface area contributed by atoms with Gasteiger partial charge in [0.15, 0.2) is 0 Å². The van der Waals surface area contributed by atoms with Gasteiger partial charge in [-0.25, -0.2) is 0 Å². The van der Waals surface area contributed by atoms with E-state index in [1.165, 1.54) is 16.8 Å². The third kappa shape index (κ3) is 4.63. The zero-order valence-corrected chi connectivity index (χ0v) is 19.9. The maximum absolute atomic E-state index is 5.37. The summed E-state index contributed by atoms with van der Waals surface area (Å²) < 4.78 is 10.7. The number of fused-ring (bicyclic) bond motifs is 1. The molecule has 0 aliphatic carbocycles. The minimum atomic E-state index is 0.758. The number of methoxy groups -OCH3 is 2. The molecule has 0 bridgehead atoms. The Morgan fingerprint density at radius 1 is 0.794 bits per heavy atom. The van der Waals surface area contributed by atoms with Crippen molar-refractivity contribution in [2.24, 2.45) is 0 Å². The van der Waals surface area contributed by atoms with Crippen LogP contribution in [-0.4, -0.2) is 62.5 Å². The van der Waals surface area contributed by atoms with Gasteiger partial charge in [0.25, 0.3) is 0 Å². The number of likely N-dealkylation sites (N-methyl/N-ethyl adjacent to an activating group) is 1. The number of hydrogen-bond donors (Lipinski definition) is 1. The Morgan fingerprint density at radius 2 is 1.47 bits per heavy atom. The van der Waals surface area contributed by atoms with Crippen molar-refractivity contribution in [1.29, 1.82) is 0 Å². The zero-order valence-electron chi connectivity index (χ0n) is 19.9. The van der Waals surface area contributed by atoms with E-state index >= 15 is 0 Å². The highest BCUT2D eigenvalue weighted by Crippen LogP contribution is 2.29. The van der Waals surface area contributed by atoms with Crippen LogP contribution in [0.3, 0.4) is 0 Å². The van der Waals surface area contributed by atoms with Gasteiger partial charge in [0.2, 0.25) is 0 Å². The van der Waals surface area contributed by atoms with E-state index in [4.69, 9.17) is 9.47 Å². The maximum Gasteiger partial charge on any atom is 0.123 e. The molecule has 0 saturated carbocycles. The second kappa shape index (κ2) is 9.61. The molecule has 0 amide bonds. The lowest BCUT2D eigenvalue weighted by molar-refractivity contribution is 0.313. The van der Waals surface area contributed by atoms with E-state index in [2.05, 4.69) is 69.5 Å². The number of aromatic amines is 1. The summed E-state index contributed by atoms with van der Waals surface area (Å²) in [5.74, 6) is 1.52. The van der Waals surface area contributed by atoms with E-state index in [9.17, 15) is 0 Å². The van der Waals surface area contributed by atoms with Gasteiger partial charge in [0.1, 0.15) is 11.5 Å². The molecule has 0 spiro atoms. The average molecular weight is 455 g/mol. The van der Waals surface area contributed by atoms with Gasteiger partial charge in [0, 0.05) is 43.3 Å². The first kappa shape index (κ1) is 22.0. The topological polar surface area (TPSA) is 53.6 Å². The molecule has 1 saturated heterocycles. The van der Waals surface area contributed by atoms with Gasteiger partial charge in [-0.2, -0.15) is 5.10 Å². The molecule has 34 heavy (non-hydrogen) atoms. The summed E-state index contributed by atoms with van der Waals surface area (Å²) >= 11 is 0. The molecule has 5 rings (SSSR count). The number of hydrogen-bond acceptors (Lipinski definition) is 5. The smallest absolute Gasteiger partial charge is 0.123 e.